The van der Waals surface area contributed by atoms with Crippen LogP contribution in [0.25, 0.3) is 11.0 Å². The predicted molar refractivity (Wildman–Crippen MR) is 111 cm³/mol. The van der Waals surface area contributed by atoms with Crippen molar-refractivity contribution < 1.29 is 22.8 Å². The fourth-order valence-electron chi connectivity index (χ4n) is 2.54. The molecule has 10 nitrogen and oxygen atoms in total. The van der Waals surface area contributed by atoms with Crippen molar-refractivity contribution in [1.82, 2.24) is 19.5 Å². The fraction of sp³-hybridized carbons (Fsp3) is 0.278. The molecule has 0 aliphatic carbocycles. The summed E-state index contributed by atoms with van der Waals surface area (Å²) in [6.45, 7) is 1.51. The molecule has 30 heavy (non-hydrogen) atoms. The van der Waals surface area contributed by atoms with Gasteiger partial charge in [-0.25, -0.2) is 12.7 Å². The Labute approximate surface area is 178 Å². The average Bonchev–Trinajstić information content (AvgIpc) is 3.10. The van der Waals surface area contributed by atoms with E-state index in [1.807, 2.05) is 0 Å². The second kappa shape index (κ2) is 8.46. The van der Waals surface area contributed by atoms with Crippen LogP contribution in [0.4, 0.5) is 5.69 Å². The quantitative estimate of drug-likeness (QED) is 0.579. The third-order valence-electron chi connectivity index (χ3n) is 4.21. The first-order chi connectivity index (χ1) is 14.1. The summed E-state index contributed by atoms with van der Waals surface area (Å²) in [6, 6.07) is 9.14. The van der Waals surface area contributed by atoms with E-state index in [0.717, 1.165) is 9.15 Å². The highest BCUT2D eigenvalue weighted by Crippen LogP contribution is 2.27. The summed E-state index contributed by atoms with van der Waals surface area (Å²) in [7, 11) is 0.680. The lowest BCUT2D eigenvalue weighted by Gasteiger charge is -2.16. The van der Waals surface area contributed by atoms with E-state index in [-0.39, 0.29) is 4.90 Å². The molecule has 0 spiro atoms. The minimum absolute atomic E-state index is 0.0490. The van der Waals surface area contributed by atoms with E-state index in [1.54, 1.807) is 18.2 Å². The third kappa shape index (κ3) is 4.32. The molecule has 1 N–H and O–H groups in total. The third-order valence-corrected chi connectivity index (χ3v) is 6.26. The van der Waals surface area contributed by atoms with Gasteiger partial charge in [0.1, 0.15) is 16.8 Å². The Balaban J connectivity index is 1.84. The molecule has 3 rings (SSSR count). The Bertz CT molecular complexity index is 1190. The number of carbonyl (C=O) groups excluding carboxylic acids is 1. The summed E-state index contributed by atoms with van der Waals surface area (Å²) in [5.41, 5.74) is 1.10. The SMILES string of the molecule is COc1ccc(Cl)cc1NC(=O)C(C)On1nnc2ccc(S(=O)(=O)N(C)C)cc21. The van der Waals surface area contributed by atoms with Crippen LogP contribution < -0.4 is 14.9 Å². The highest BCUT2D eigenvalue weighted by molar-refractivity contribution is 7.89. The second-order valence-corrected chi connectivity index (χ2v) is 9.07. The van der Waals surface area contributed by atoms with Gasteiger partial charge >= 0.3 is 0 Å². The van der Waals surface area contributed by atoms with Crippen LogP contribution in [0, 0.1) is 0 Å². The first-order valence-electron chi connectivity index (χ1n) is 8.73. The number of rotatable bonds is 7. The molecule has 2 aromatic carbocycles. The van der Waals surface area contributed by atoms with Crippen LogP contribution in [0.15, 0.2) is 41.3 Å². The van der Waals surface area contributed by atoms with E-state index in [9.17, 15) is 13.2 Å². The first kappa shape index (κ1) is 21.8. The molecule has 0 aliphatic rings. The highest BCUT2D eigenvalue weighted by Gasteiger charge is 2.22. The minimum Gasteiger partial charge on any atom is -0.495 e. The van der Waals surface area contributed by atoms with Crippen molar-refractivity contribution in [1.29, 1.82) is 0 Å². The molecule has 1 aromatic heterocycles. The number of aromatic nitrogens is 3. The summed E-state index contributed by atoms with van der Waals surface area (Å²) >= 11 is 5.98. The van der Waals surface area contributed by atoms with Gasteiger partial charge in [-0.2, -0.15) is 0 Å². The maximum atomic E-state index is 12.6. The Hall–Kier alpha value is -2.89. The minimum atomic E-state index is -3.66. The van der Waals surface area contributed by atoms with Crippen LogP contribution in [-0.4, -0.2) is 61.1 Å². The largest absolute Gasteiger partial charge is 0.495 e. The maximum absolute atomic E-state index is 12.6. The molecule has 0 fully saturated rings. The molecule has 1 heterocycles. The molecular weight excluding hydrogens is 434 g/mol. The number of ether oxygens (including phenoxy) is 1. The van der Waals surface area contributed by atoms with Gasteiger partial charge < -0.3 is 14.9 Å². The summed E-state index contributed by atoms with van der Waals surface area (Å²) < 4.78 is 31.1. The monoisotopic (exact) mass is 453 g/mol. The van der Waals surface area contributed by atoms with Gasteiger partial charge in [-0.05, 0) is 48.5 Å². The summed E-state index contributed by atoms with van der Waals surface area (Å²) in [5.74, 6) is -0.0547. The van der Waals surface area contributed by atoms with E-state index in [2.05, 4.69) is 15.6 Å². The maximum Gasteiger partial charge on any atom is 0.268 e. The molecule has 1 atom stereocenters. The molecule has 160 valence electrons. The number of fused-ring (bicyclic) bond motifs is 1. The Morgan fingerprint density at radius 1 is 1.23 bits per heavy atom. The van der Waals surface area contributed by atoms with E-state index in [4.69, 9.17) is 21.2 Å². The van der Waals surface area contributed by atoms with E-state index in [1.165, 1.54) is 46.3 Å². The normalized spacial score (nSPS) is 12.7. The Morgan fingerprint density at radius 3 is 2.63 bits per heavy atom. The highest BCUT2D eigenvalue weighted by atomic mass is 35.5. The number of nitrogens with one attached hydrogen (secondary N) is 1. The molecule has 1 amide bonds. The molecule has 0 aliphatic heterocycles. The van der Waals surface area contributed by atoms with Gasteiger partial charge in [0.25, 0.3) is 5.91 Å². The zero-order valence-corrected chi connectivity index (χ0v) is 18.2. The molecule has 3 aromatic rings. The van der Waals surface area contributed by atoms with Crippen LogP contribution in [0.1, 0.15) is 6.92 Å². The van der Waals surface area contributed by atoms with Crippen molar-refractivity contribution in [2.24, 2.45) is 0 Å². The van der Waals surface area contributed by atoms with Gasteiger partial charge in [0.05, 0.1) is 17.7 Å². The lowest BCUT2D eigenvalue weighted by atomic mass is 10.2. The smallest absolute Gasteiger partial charge is 0.268 e. The number of sulfonamides is 1. The number of methoxy groups -OCH3 is 1. The van der Waals surface area contributed by atoms with Gasteiger partial charge in [0.2, 0.25) is 16.1 Å². The van der Waals surface area contributed by atoms with Gasteiger partial charge in [0.15, 0.2) is 0 Å². The molecular formula is C18H20ClN5O5S. The van der Waals surface area contributed by atoms with Gasteiger partial charge in [-0.15, -0.1) is 5.10 Å². The number of benzene rings is 2. The summed E-state index contributed by atoms with van der Waals surface area (Å²) in [4.78, 5) is 19.2. The number of nitrogens with zero attached hydrogens (tertiary/aromatic N) is 4. The zero-order valence-electron chi connectivity index (χ0n) is 16.7. The topological polar surface area (TPSA) is 116 Å². The molecule has 0 radical (unpaired) electrons. The average molecular weight is 454 g/mol. The molecule has 1 unspecified atom stereocenters. The van der Waals surface area contributed by atoms with Crippen LogP contribution in [-0.2, 0) is 14.8 Å². The second-order valence-electron chi connectivity index (χ2n) is 6.48. The number of hydrogen-bond donors (Lipinski definition) is 1. The molecule has 12 heteroatoms. The number of anilines is 1. The van der Waals surface area contributed by atoms with E-state index < -0.39 is 22.0 Å². The van der Waals surface area contributed by atoms with E-state index >= 15 is 0 Å². The number of halogens is 1. The van der Waals surface area contributed by atoms with Crippen LogP contribution in [0.3, 0.4) is 0 Å². The van der Waals surface area contributed by atoms with Crippen molar-refractivity contribution in [3.63, 3.8) is 0 Å². The van der Waals surface area contributed by atoms with E-state index in [0.29, 0.717) is 27.5 Å². The van der Waals surface area contributed by atoms with Crippen LogP contribution in [0.2, 0.25) is 5.02 Å². The summed E-state index contributed by atoms with van der Waals surface area (Å²) in [5, 5.41) is 10.9. The number of hydrogen-bond acceptors (Lipinski definition) is 7. The molecule has 0 saturated carbocycles. The number of carbonyl (C=O) groups is 1. The standard InChI is InChI=1S/C18H20ClN5O5S/c1-11(18(25)20-15-9-12(19)5-8-17(15)28-4)29-24-16-10-13(30(26,27)23(2)3)6-7-14(16)21-22-24/h5-11H,1-4H3,(H,20,25). The Kier molecular flexibility index (Phi) is 6.15. The predicted octanol–water partition coefficient (Wildman–Crippen LogP) is 1.80. The van der Waals surface area contributed by atoms with Gasteiger partial charge in [-0.1, -0.05) is 16.4 Å². The van der Waals surface area contributed by atoms with Gasteiger partial charge in [-0.3, -0.25) is 4.79 Å². The fourth-order valence-corrected chi connectivity index (χ4v) is 3.63. The first-order valence-corrected chi connectivity index (χ1v) is 10.5. The molecule has 0 bridgehead atoms. The van der Waals surface area contributed by atoms with Crippen LogP contribution in [0.5, 0.6) is 5.75 Å². The zero-order chi connectivity index (χ0) is 22.1. The molecule has 0 saturated heterocycles. The summed E-state index contributed by atoms with van der Waals surface area (Å²) in [6.07, 6.45) is -0.993. The van der Waals surface area contributed by atoms with Crippen molar-refractivity contribution in [3.8, 4) is 5.75 Å². The van der Waals surface area contributed by atoms with Crippen molar-refractivity contribution in [3.05, 3.63) is 41.4 Å². The van der Waals surface area contributed by atoms with Crippen molar-refractivity contribution in [2.45, 2.75) is 17.9 Å². The van der Waals surface area contributed by atoms with Crippen LogP contribution >= 0.6 is 11.6 Å². The van der Waals surface area contributed by atoms with Crippen molar-refractivity contribution >= 4 is 44.3 Å². The number of amides is 1. The van der Waals surface area contributed by atoms with Crippen molar-refractivity contribution in [2.75, 3.05) is 26.5 Å². The van der Waals surface area contributed by atoms with Gasteiger partial charge in [0, 0.05) is 19.1 Å². The Morgan fingerprint density at radius 2 is 1.97 bits per heavy atom. The lowest BCUT2D eigenvalue weighted by Crippen LogP contribution is -2.35. The lowest BCUT2D eigenvalue weighted by molar-refractivity contribution is -0.127.